The number of pyridine rings is 1. The molecule has 1 N–H and O–H groups in total. The number of aryl methyl sites for hydroxylation is 1. The fourth-order valence-electron chi connectivity index (χ4n) is 1.92. The van der Waals surface area contributed by atoms with E-state index in [4.69, 9.17) is 5.11 Å². The van der Waals surface area contributed by atoms with Crippen molar-refractivity contribution in [2.75, 3.05) is 0 Å². The van der Waals surface area contributed by atoms with Crippen molar-refractivity contribution in [1.29, 1.82) is 0 Å². The molecule has 1 fully saturated rings. The van der Waals surface area contributed by atoms with E-state index in [1.54, 1.807) is 13.0 Å². The monoisotopic (exact) mass is 217 g/mol. The normalized spacial score (nSPS) is 15.6. The Kier molecular flexibility index (Phi) is 1.77. The molecular weight excluding hydrogens is 206 g/mol. The summed E-state index contributed by atoms with van der Waals surface area (Å²) in [5, 5.41) is 13.2. The van der Waals surface area contributed by atoms with Crippen molar-refractivity contribution in [1.82, 2.24) is 14.6 Å². The first-order valence-corrected chi connectivity index (χ1v) is 5.26. The van der Waals surface area contributed by atoms with Crippen molar-refractivity contribution in [3.05, 3.63) is 29.2 Å². The smallest absolute Gasteiger partial charge is 0.354 e. The van der Waals surface area contributed by atoms with Crippen molar-refractivity contribution >= 4 is 11.6 Å². The summed E-state index contributed by atoms with van der Waals surface area (Å²) in [7, 11) is 0. The first kappa shape index (κ1) is 9.33. The van der Waals surface area contributed by atoms with E-state index < -0.39 is 5.97 Å². The maximum absolute atomic E-state index is 11.1. The summed E-state index contributed by atoms with van der Waals surface area (Å²) in [5.41, 5.74) is 1.89. The van der Waals surface area contributed by atoms with E-state index in [0.717, 1.165) is 18.4 Å². The molecule has 16 heavy (non-hydrogen) atoms. The third kappa shape index (κ3) is 1.36. The van der Waals surface area contributed by atoms with Gasteiger partial charge < -0.3 is 5.11 Å². The van der Waals surface area contributed by atoms with Gasteiger partial charge in [-0.2, -0.15) is 5.10 Å². The molecule has 3 rings (SSSR count). The molecule has 5 heteroatoms. The number of hydrogen-bond acceptors (Lipinski definition) is 3. The van der Waals surface area contributed by atoms with Crippen LogP contribution in [0.3, 0.4) is 0 Å². The number of rotatable bonds is 2. The minimum absolute atomic E-state index is 0.194. The van der Waals surface area contributed by atoms with Gasteiger partial charge in [0.05, 0.1) is 0 Å². The van der Waals surface area contributed by atoms with Gasteiger partial charge in [-0.1, -0.05) is 0 Å². The molecule has 0 bridgehead atoms. The van der Waals surface area contributed by atoms with Gasteiger partial charge in [0.15, 0.2) is 11.3 Å². The van der Waals surface area contributed by atoms with E-state index in [9.17, 15) is 4.79 Å². The third-order valence-electron chi connectivity index (χ3n) is 2.83. The van der Waals surface area contributed by atoms with Crippen LogP contribution in [-0.4, -0.2) is 25.7 Å². The topological polar surface area (TPSA) is 67.5 Å². The van der Waals surface area contributed by atoms with Crippen molar-refractivity contribution in [3.8, 4) is 0 Å². The van der Waals surface area contributed by atoms with Gasteiger partial charge in [0, 0.05) is 0 Å². The lowest BCUT2D eigenvalue weighted by Crippen LogP contribution is -2.07. The first-order chi connectivity index (χ1) is 7.65. The summed E-state index contributed by atoms with van der Waals surface area (Å²) < 4.78 is 1.39. The average Bonchev–Trinajstić information content (AvgIpc) is 2.98. The number of carboxylic acid groups (broad SMARTS) is 1. The molecule has 0 aromatic carbocycles. The quantitative estimate of drug-likeness (QED) is 0.829. The van der Waals surface area contributed by atoms with E-state index >= 15 is 0 Å². The Morgan fingerprint density at radius 1 is 1.50 bits per heavy atom. The Hall–Kier alpha value is -1.91. The minimum atomic E-state index is -0.961. The fourth-order valence-corrected chi connectivity index (χ4v) is 1.92. The number of aromatic carboxylic acids is 1. The van der Waals surface area contributed by atoms with Crippen LogP contribution in [-0.2, 0) is 0 Å². The Balaban J connectivity index is 2.29. The Labute approximate surface area is 91.7 Å². The van der Waals surface area contributed by atoms with Crippen LogP contribution in [0, 0.1) is 6.92 Å². The van der Waals surface area contributed by atoms with Gasteiger partial charge in [-0.3, -0.25) is 0 Å². The second-order valence-electron chi connectivity index (χ2n) is 4.18. The van der Waals surface area contributed by atoms with E-state index in [1.165, 1.54) is 4.52 Å². The van der Waals surface area contributed by atoms with Crippen LogP contribution in [0.5, 0.6) is 0 Å². The van der Waals surface area contributed by atoms with Gasteiger partial charge in [0.2, 0.25) is 0 Å². The largest absolute Gasteiger partial charge is 0.477 e. The van der Waals surface area contributed by atoms with Crippen LogP contribution < -0.4 is 0 Å². The third-order valence-corrected chi connectivity index (χ3v) is 2.83. The van der Waals surface area contributed by atoms with Crippen molar-refractivity contribution in [3.63, 3.8) is 0 Å². The highest BCUT2D eigenvalue weighted by atomic mass is 16.4. The minimum Gasteiger partial charge on any atom is -0.477 e. The summed E-state index contributed by atoms with van der Waals surface area (Å²) >= 11 is 0. The SMILES string of the molecule is Cc1nc2cc(C3CC3)cc(C(=O)O)n2n1. The lowest BCUT2D eigenvalue weighted by Gasteiger charge is -2.02. The fraction of sp³-hybridized carbons (Fsp3) is 0.364. The molecule has 5 nitrogen and oxygen atoms in total. The van der Waals surface area contributed by atoms with Gasteiger partial charge in [-0.05, 0) is 43.4 Å². The number of hydrogen-bond donors (Lipinski definition) is 1. The van der Waals surface area contributed by atoms with Crippen LogP contribution in [0.15, 0.2) is 12.1 Å². The molecule has 2 heterocycles. The van der Waals surface area contributed by atoms with E-state index in [-0.39, 0.29) is 5.69 Å². The van der Waals surface area contributed by atoms with Crippen molar-refractivity contribution < 1.29 is 9.90 Å². The molecule has 0 amide bonds. The highest BCUT2D eigenvalue weighted by molar-refractivity contribution is 5.86. The van der Waals surface area contributed by atoms with E-state index in [0.29, 0.717) is 17.4 Å². The molecule has 0 aliphatic heterocycles. The summed E-state index contributed by atoms with van der Waals surface area (Å²) in [6, 6.07) is 3.64. The van der Waals surface area contributed by atoms with Gasteiger partial charge in [0.25, 0.3) is 0 Å². The summed E-state index contributed by atoms with van der Waals surface area (Å²) in [4.78, 5) is 15.3. The average molecular weight is 217 g/mol. The first-order valence-electron chi connectivity index (χ1n) is 5.26. The maximum atomic E-state index is 11.1. The number of nitrogens with zero attached hydrogens (tertiary/aromatic N) is 3. The summed E-state index contributed by atoms with van der Waals surface area (Å²) in [5.74, 6) is 0.146. The Morgan fingerprint density at radius 3 is 2.88 bits per heavy atom. The Morgan fingerprint density at radius 2 is 2.25 bits per heavy atom. The number of aromatic nitrogens is 3. The molecule has 0 saturated heterocycles. The lowest BCUT2D eigenvalue weighted by atomic mass is 10.1. The molecule has 0 unspecified atom stereocenters. The molecule has 1 aliphatic carbocycles. The summed E-state index contributed by atoms with van der Waals surface area (Å²) in [6.45, 7) is 1.76. The second kappa shape index (κ2) is 3.04. The Bertz CT molecular complexity index is 584. The van der Waals surface area contributed by atoms with Crippen LogP contribution in [0.25, 0.3) is 5.65 Å². The molecule has 2 aromatic heterocycles. The second-order valence-corrected chi connectivity index (χ2v) is 4.18. The molecule has 0 radical (unpaired) electrons. The molecule has 1 saturated carbocycles. The molecule has 0 spiro atoms. The van der Waals surface area contributed by atoms with E-state index in [1.807, 2.05) is 6.07 Å². The zero-order valence-electron chi connectivity index (χ0n) is 8.84. The standard InChI is InChI=1S/C11H11N3O2/c1-6-12-10-5-8(7-2-3-7)4-9(11(15)16)14(10)13-6/h4-5,7H,2-3H2,1H3,(H,15,16). The number of carbonyl (C=O) groups is 1. The van der Waals surface area contributed by atoms with Gasteiger partial charge in [-0.15, -0.1) is 0 Å². The van der Waals surface area contributed by atoms with Gasteiger partial charge in [-0.25, -0.2) is 14.3 Å². The summed E-state index contributed by atoms with van der Waals surface area (Å²) in [6.07, 6.45) is 2.28. The molecule has 1 aliphatic rings. The lowest BCUT2D eigenvalue weighted by molar-refractivity contribution is 0.0687. The van der Waals surface area contributed by atoms with Gasteiger partial charge >= 0.3 is 5.97 Å². The predicted octanol–water partition coefficient (Wildman–Crippen LogP) is 1.61. The zero-order valence-corrected chi connectivity index (χ0v) is 8.84. The molecular formula is C11H11N3O2. The zero-order chi connectivity index (χ0) is 11.3. The highest BCUT2D eigenvalue weighted by Crippen LogP contribution is 2.40. The van der Waals surface area contributed by atoms with Crippen LogP contribution >= 0.6 is 0 Å². The predicted molar refractivity (Wildman–Crippen MR) is 56.7 cm³/mol. The van der Waals surface area contributed by atoms with Crippen molar-refractivity contribution in [2.45, 2.75) is 25.7 Å². The number of fused-ring (bicyclic) bond motifs is 1. The molecule has 82 valence electrons. The highest BCUT2D eigenvalue weighted by Gasteiger charge is 2.26. The molecule has 2 aromatic rings. The maximum Gasteiger partial charge on any atom is 0.354 e. The van der Waals surface area contributed by atoms with Crippen LogP contribution in [0.1, 0.15) is 40.6 Å². The number of carboxylic acids is 1. The van der Waals surface area contributed by atoms with Crippen molar-refractivity contribution in [2.24, 2.45) is 0 Å². The molecule has 0 atom stereocenters. The van der Waals surface area contributed by atoms with Crippen LogP contribution in [0.2, 0.25) is 0 Å². The van der Waals surface area contributed by atoms with E-state index in [2.05, 4.69) is 10.1 Å². The van der Waals surface area contributed by atoms with Crippen LogP contribution in [0.4, 0.5) is 0 Å². The van der Waals surface area contributed by atoms with Gasteiger partial charge in [0.1, 0.15) is 5.82 Å².